The lowest BCUT2D eigenvalue weighted by molar-refractivity contribution is -0.131. The van der Waals surface area contributed by atoms with Crippen LogP contribution in [0.15, 0.2) is 64.9 Å². The van der Waals surface area contributed by atoms with E-state index in [0.717, 1.165) is 11.3 Å². The van der Waals surface area contributed by atoms with Crippen LogP contribution >= 0.6 is 11.8 Å². The summed E-state index contributed by atoms with van der Waals surface area (Å²) in [6.07, 6.45) is 3.60. The van der Waals surface area contributed by atoms with Crippen LogP contribution in [0.2, 0.25) is 0 Å². The van der Waals surface area contributed by atoms with Crippen molar-refractivity contribution in [2.75, 3.05) is 6.26 Å². The maximum Gasteiger partial charge on any atom is 0.308 e. The number of nitrogens with zero attached hydrogens (tertiary/aromatic N) is 4. The molecular formula is C19H18N4O3S. The summed E-state index contributed by atoms with van der Waals surface area (Å²) in [7, 11) is 0. The molecule has 0 bridgehead atoms. The quantitative estimate of drug-likeness (QED) is 0.270. The average molecular weight is 382 g/mol. The number of para-hydroxylation sites is 1. The summed E-state index contributed by atoms with van der Waals surface area (Å²) in [5, 5.41) is 13.4. The van der Waals surface area contributed by atoms with E-state index in [1.165, 1.54) is 18.7 Å². The Morgan fingerprint density at radius 2 is 1.85 bits per heavy atom. The van der Waals surface area contributed by atoms with E-state index < -0.39 is 0 Å². The zero-order valence-electron chi connectivity index (χ0n) is 14.9. The number of rotatable bonds is 7. The molecule has 0 aliphatic carbocycles. The number of aromatic nitrogens is 3. The first kappa shape index (κ1) is 18.7. The number of hydrogen-bond donors (Lipinski definition) is 0. The fourth-order valence-electron chi connectivity index (χ4n) is 2.21. The number of ether oxygens (including phenoxy) is 2. The summed E-state index contributed by atoms with van der Waals surface area (Å²) in [5.74, 6) is 1.48. The molecule has 0 aliphatic heterocycles. The molecule has 2 aromatic carbocycles. The highest BCUT2D eigenvalue weighted by Crippen LogP contribution is 2.17. The molecule has 0 saturated carbocycles. The molecule has 0 amide bonds. The van der Waals surface area contributed by atoms with Gasteiger partial charge in [-0.2, -0.15) is 9.78 Å². The number of thioether (sulfide) groups is 1. The van der Waals surface area contributed by atoms with Gasteiger partial charge >= 0.3 is 5.97 Å². The molecule has 138 valence electrons. The second-order valence-electron chi connectivity index (χ2n) is 5.42. The molecule has 0 aliphatic rings. The molecule has 8 heteroatoms. The minimum Gasteiger partial charge on any atom is -0.486 e. The Kier molecular flexibility index (Phi) is 6.22. The maximum absolute atomic E-state index is 11.0. The van der Waals surface area contributed by atoms with Gasteiger partial charge in [0.15, 0.2) is 5.82 Å². The highest BCUT2D eigenvalue weighted by molar-refractivity contribution is 7.98. The number of carbonyl (C=O) groups is 1. The van der Waals surface area contributed by atoms with Crippen LogP contribution in [-0.2, 0) is 11.4 Å². The van der Waals surface area contributed by atoms with Gasteiger partial charge in [0.05, 0.1) is 6.21 Å². The van der Waals surface area contributed by atoms with Gasteiger partial charge < -0.3 is 9.47 Å². The van der Waals surface area contributed by atoms with Crippen molar-refractivity contribution in [2.24, 2.45) is 5.10 Å². The monoisotopic (exact) mass is 382 g/mol. The van der Waals surface area contributed by atoms with Gasteiger partial charge in [-0.1, -0.05) is 30.0 Å². The SMILES string of the molecule is CSc1nnc(COc2ccccc2)n1/N=C\c1ccc(OC(C)=O)cc1. The van der Waals surface area contributed by atoms with Crippen LogP contribution in [-0.4, -0.2) is 33.3 Å². The second-order valence-corrected chi connectivity index (χ2v) is 6.20. The summed E-state index contributed by atoms with van der Waals surface area (Å²) in [4.78, 5) is 11.0. The lowest BCUT2D eigenvalue weighted by Crippen LogP contribution is -2.05. The number of hydrogen-bond acceptors (Lipinski definition) is 7. The lowest BCUT2D eigenvalue weighted by atomic mass is 10.2. The van der Waals surface area contributed by atoms with Crippen LogP contribution in [0.4, 0.5) is 0 Å². The van der Waals surface area contributed by atoms with Crippen molar-refractivity contribution >= 4 is 23.9 Å². The van der Waals surface area contributed by atoms with Gasteiger partial charge in [-0.05, 0) is 48.2 Å². The molecule has 1 heterocycles. The standard InChI is InChI=1S/C19H18N4O3S/c1-14(24)26-17-10-8-15(9-11-17)12-20-23-18(21-22-19(23)27-2)13-25-16-6-4-3-5-7-16/h3-12H,13H2,1-2H3/b20-12-. The Balaban J connectivity index is 1.74. The molecule has 1 aromatic heterocycles. The summed E-state index contributed by atoms with van der Waals surface area (Å²) >= 11 is 1.44. The third-order valence-corrected chi connectivity index (χ3v) is 4.05. The molecule has 7 nitrogen and oxygen atoms in total. The van der Waals surface area contributed by atoms with E-state index in [1.54, 1.807) is 23.0 Å². The zero-order valence-corrected chi connectivity index (χ0v) is 15.7. The fourth-order valence-corrected chi connectivity index (χ4v) is 2.65. The highest BCUT2D eigenvalue weighted by Gasteiger charge is 2.11. The number of esters is 1. The van der Waals surface area contributed by atoms with Crippen molar-refractivity contribution in [3.8, 4) is 11.5 Å². The van der Waals surface area contributed by atoms with Crippen LogP contribution in [0.25, 0.3) is 0 Å². The first-order valence-electron chi connectivity index (χ1n) is 8.14. The number of benzene rings is 2. The molecule has 0 atom stereocenters. The van der Waals surface area contributed by atoms with Crippen LogP contribution in [0, 0.1) is 0 Å². The van der Waals surface area contributed by atoms with Crippen LogP contribution in [0.1, 0.15) is 18.3 Å². The van der Waals surface area contributed by atoms with Crippen molar-refractivity contribution in [2.45, 2.75) is 18.7 Å². The summed E-state index contributed by atoms with van der Waals surface area (Å²) in [6, 6.07) is 16.5. The van der Waals surface area contributed by atoms with Crippen molar-refractivity contribution in [3.63, 3.8) is 0 Å². The maximum atomic E-state index is 11.0. The predicted molar refractivity (Wildman–Crippen MR) is 103 cm³/mol. The summed E-state index contributed by atoms with van der Waals surface area (Å²) in [6.45, 7) is 1.62. The molecule has 0 unspecified atom stereocenters. The Bertz CT molecular complexity index is 924. The van der Waals surface area contributed by atoms with Crippen LogP contribution in [0.5, 0.6) is 11.5 Å². The highest BCUT2D eigenvalue weighted by atomic mass is 32.2. The molecule has 0 radical (unpaired) electrons. The van der Waals surface area contributed by atoms with E-state index in [0.29, 0.717) is 16.7 Å². The van der Waals surface area contributed by atoms with Gasteiger partial charge in [-0.3, -0.25) is 4.79 Å². The normalized spacial score (nSPS) is 10.9. The summed E-state index contributed by atoms with van der Waals surface area (Å²) in [5.41, 5.74) is 0.849. The third-order valence-electron chi connectivity index (χ3n) is 3.43. The lowest BCUT2D eigenvalue weighted by Gasteiger charge is -2.06. The fraction of sp³-hybridized carbons (Fsp3) is 0.158. The first-order valence-corrected chi connectivity index (χ1v) is 9.37. The van der Waals surface area contributed by atoms with E-state index >= 15 is 0 Å². The predicted octanol–water partition coefficient (Wildman–Crippen LogP) is 3.39. The minimum absolute atomic E-state index is 0.250. The molecule has 0 spiro atoms. The van der Waals surface area contributed by atoms with Crippen molar-refractivity contribution < 1.29 is 14.3 Å². The van der Waals surface area contributed by atoms with E-state index in [-0.39, 0.29) is 12.6 Å². The molecule has 3 rings (SSSR count). The van der Waals surface area contributed by atoms with Crippen molar-refractivity contribution in [1.82, 2.24) is 14.9 Å². The van der Waals surface area contributed by atoms with Gasteiger partial charge in [-0.25, -0.2) is 0 Å². The van der Waals surface area contributed by atoms with E-state index in [2.05, 4.69) is 15.3 Å². The molecule has 27 heavy (non-hydrogen) atoms. The summed E-state index contributed by atoms with van der Waals surface area (Å²) < 4.78 is 12.4. The Labute approximate surface area is 161 Å². The molecule has 0 fully saturated rings. The van der Waals surface area contributed by atoms with E-state index in [9.17, 15) is 4.79 Å². The minimum atomic E-state index is -0.353. The topological polar surface area (TPSA) is 78.6 Å². The smallest absolute Gasteiger partial charge is 0.308 e. The van der Waals surface area contributed by atoms with E-state index in [1.807, 2.05) is 48.7 Å². The Morgan fingerprint density at radius 3 is 2.52 bits per heavy atom. The Morgan fingerprint density at radius 1 is 1.11 bits per heavy atom. The van der Waals surface area contributed by atoms with Gasteiger partial charge in [0, 0.05) is 6.92 Å². The van der Waals surface area contributed by atoms with Crippen LogP contribution in [0.3, 0.4) is 0 Å². The van der Waals surface area contributed by atoms with Gasteiger partial charge in [0.25, 0.3) is 0 Å². The Hall–Kier alpha value is -3.13. The largest absolute Gasteiger partial charge is 0.486 e. The molecular weight excluding hydrogens is 364 g/mol. The molecule has 0 N–H and O–H groups in total. The molecule has 3 aromatic rings. The van der Waals surface area contributed by atoms with Gasteiger partial charge in [-0.15, -0.1) is 10.2 Å². The van der Waals surface area contributed by atoms with Gasteiger partial charge in [0.2, 0.25) is 5.16 Å². The van der Waals surface area contributed by atoms with Crippen molar-refractivity contribution in [1.29, 1.82) is 0 Å². The number of carbonyl (C=O) groups excluding carboxylic acids is 1. The third kappa shape index (κ3) is 5.18. The average Bonchev–Trinajstić information content (AvgIpc) is 3.08. The zero-order chi connectivity index (χ0) is 19.1. The second kappa shape index (κ2) is 9.00. The van der Waals surface area contributed by atoms with Crippen molar-refractivity contribution in [3.05, 3.63) is 66.0 Å². The first-order chi connectivity index (χ1) is 13.2. The van der Waals surface area contributed by atoms with Crippen LogP contribution < -0.4 is 9.47 Å². The molecule has 0 saturated heterocycles. The van der Waals surface area contributed by atoms with E-state index in [4.69, 9.17) is 9.47 Å². The van der Waals surface area contributed by atoms with Gasteiger partial charge in [0.1, 0.15) is 18.1 Å².